The van der Waals surface area contributed by atoms with Crippen LogP contribution in [0.5, 0.6) is 0 Å². The fourth-order valence-electron chi connectivity index (χ4n) is 2.29. The number of carbonyl (C=O) groups is 2. The van der Waals surface area contributed by atoms with Crippen molar-refractivity contribution in [2.24, 2.45) is 5.92 Å². The third-order valence-corrected chi connectivity index (χ3v) is 3.35. The van der Waals surface area contributed by atoms with Crippen LogP contribution in [0.25, 0.3) is 0 Å². The van der Waals surface area contributed by atoms with Crippen molar-refractivity contribution in [3.63, 3.8) is 0 Å². The van der Waals surface area contributed by atoms with Gasteiger partial charge in [0, 0.05) is 24.7 Å². The first kappa shape index (κ1) is 14.9. The van der Waals surface area contributed by atoms with Crippen LogP contribution in [0.4, 0.5) is 10.1 Å². The quantitative estimate of drug-likeness (QED) is 0.477. The highest BCUT2D eigenvalue weighted by atomic mass is 19.1. The first-order valence-electron chi connectivity index (χ1n) is 6.24. The number of carbonyl (C=O) groups excluding carboxylic acids is 2. The Hall–Kier alpha value is -2.51. The Bertz CT molecular complexity index is 604. The molecule has 8 heteroatoms. The van der Waals surface area contributed by atoms with E-state index in [0.717, 1.165) is 18.2 Å². The van der Waals surface area contributed by atoms with E-state index in [2.05, 4.69) is 4.74 Å². The lowest BCUT2D eigenvalue weighted by atomic mass is 10.1. The number of methoxy groups -OCH3 is 1. The molecule has 1 aliphatic heterocycles. The number of non-ortho nitro benzene ring substituents is 1. The monoisotopic (exact) mass is 296 g/mol. The molecule has 1 aromatic rings. The fraction of sp³-hybridized carbons (Fsp3) is 0.385. The van der Waals surface area contributed by atoms with Crippen LogP contribution >= 0.6 is 0 Å². The number of amides is 1. The van der Waals surface area contributed by atoms with Gasteiger partial charge in [0.05, 0.1) is 24.0 Å². The lowest BCUT2D eigenvalue weighted by molar-refractivity contribution is -0.385. The molecule has 2 rings (SSSR count). The Balaban J connectivity index is 2.18. The number of halogens is 1. The van der Waals surface area contributed by atoms with Gasteiger partial charge in [-0.2, -0.15) is 0 Å². The number of ether oxygens (including phenoxy) is 1. The van der Waals surface area contributed by atoms with Crippen molar-refractivity contribution in [3.05, 3.63) is 39.7 Å². The second kappa shape index (κ2) is 5.86. The molecule has 1 heterocycles. The molecule has 1 amide bonds. The Labute approximate surface area is 119 Å². The lowest BCUT2D eigenvalue weighted by Crippen LogP contribution is -2.30. The molecular formula is C13H13FN2O5. The van der Waals surface area contributed by atoms with Gasteiger partial charge in [-0.3, -0.25) is 19.7 Å². The van der Waals surface area contributed by atoms with Gasteiger partial charge in [0.2, 0.25) is 0 Å². The highest BCUT2D eigenvalue weighted by Gasteiger charge is 2.32. The second-order valence-electron chi connectivity index (χ2n) is 4.72. The highest BCUT2D eigenvalue weighted by molar-refractivity contribution is 5.95. The Morgan fingerprint density at radius 3 is 2.76 bits per heavy atom. The number of hydrogen-bond acceptors (Lipinski definition) is 5. The van der Waals surface area contributed by atoms with Gasteiger partial charge in [-0.1, -0.05) is 0 Å². The van der Waals surface area contributed by atoms with Crippen molar-refractivity contribution in [1.29, 1.82) is 0 Å². The van der Waals surface area contributed by atoms with Gasteiger partial charge < -0.3 is 9.64 Å². The zero-order valence-electron chi connectivity index (χ0n) is 11.2. The van der Waals surface area contributed by atoms with Crippen LogP contribution in [0.3, 0.4) is 0 Å². The van der Waals surface area contributed by atoms with Crippen LogP contribution in [0, 0.1) is 21.8 Å². The van der Waals surface area contributed by atoms with Gasteiger partial charge in [-0.25, -0.2) is 4.39 Å². The summed E-state index contributed by atoms with van der Waals surface area (Å²) in [5, 5.41) is 10.7. The summed E-state index contributed by atoms with van der Waals surface area (Å²) in [6, 6.07) is 2.72. The predicted molar refractivity (Wildman–Crippen MR) is 69.1 cm³/mol. The molecule has 0 bridgehead atoms. The largest absolute Gasteiger partial charge is 0.469 e. The standard InChI is InChI=1S/C13H13FN2O5/c1-21-13(18)8-2-3-15(7-8)12(17)9-4-10(14)6-11(5-9)16(19)20/h4-6,8H,2-3,7H2,1H3. The molecule has 1 unspecified atom stereocenters. The molecule has 112 valence electrons. The van der Waals surface area contributed by atoms with E-state index < -0.39 is 34.2 Å². The molecule has 0 saturated carbocycles. The van der Waals surface area contributed by atoms with Gasteiger partial charge in [0.1, 0.15) is 5.82 Å². The third-order valence-electron chi connectivity index (χ3n) is 3.35. The van der Waals surface area contributed by atoms with Crippen LogP contribution < -0.4 is 0 Å². The summed E-state index contributed by atoms with van der Waals surface area (Å²) in [6.45, 7) is 0.485. The van der Waals surface area contributed by atoms with E-state index in [1.54, 1.807) is 0 Å². The van der Waals surface area contributed by atoms with Crippen LogP contribution in [0.2, 0.25) is 0 Å². The van der Waals surface area contributed by atoms with Crippen molar-refractivity contribution >= 4 is 17.6 Å². The normalized spacial score (nSPS) is 17.6. The van der Waals surface area contributed by atoms with Crippen molar-refractivity contribution in [1.82, 2.24) is 4.90 Å². The average molecular weight is 296 g/mol. The minimum Gasteiger partial charge on any atom is -0.469 e. The van der Waals surface area contributed by atoms with E-state index in [9.17, 15) is 24.1 Å². The molecular weight excluding hydrogens is 283 g/mol. The summed E-state index contributed by atoms with van der Waals surface area (Å²) < 4.78 is 18.0. The number of benzene rings is 1. The molecule has 1 aromatic carbocycles. The Kier molecular flexibility index (Phi) is 4.15. The zero-order valence-corrected chi connectivity index (χ0v) is 11.2. The molecule has 1 fully saturated rings. The van der Waals surface area contributed by atoms with Crippen LogP contribution in [0.1, 0.15) is 16.8 Å². The summed E-state index contributed by atoms with van der Waals surface area (Å²) in [5.41, 5.74) is -0.589. The molecule has 0 aromatic heterocycles. The molecule has 1 aliphatic rings. The molecule has 7 nitrogen and oxygen atoms in total. The molecule has 0 spiro atoms. The van der Waals surface area contributed by atoms with E-state index >= 15 is 0 Å². The smallest absolute Gasteiger partial charge is 0.310 e. The SMILES string of the molecule is COC(=O)C1CCN(C(=O)c2cc(F)cc([N+](=O)[O-])c2)C1. The van der Waals surface area contributed by atoms with Crippen LogP contribution in [0.15, 0.2) is 18.2 Å². The predicted octanol–water partition coefficient (Wildman–Crippen LogP) is 1.37. The first-order valence-corrected chi connectivity index (χ1v) is 6.24. The number of hydrogen-bond donors (Lipinski definition) is 0. The minimum atomic E-state index is -0.851. The molecule has 1 atom stereocenters. The molecule has 0 radical (unpaired) electrons. The maximum absolute atomic E-state index is 13.3. The highest BCUT2D eigenvalue weighted by Crippen LogP contribution is 2.22. The summed E-state index contributed by atoms with van der Waals surface area (Å²) in [4.78, 5) is 34.9. The second-order valence-corrected chi connectivity index (χ2v) is 4.72. The van der Waals surface area contributed by atoms with Crippen LogP contribution in [-0.2, 0) is 9.53 Å². The van der Waals surface area contributed by atoms with Crippen LogP contribution in [-0.4, -0.2) is 41.9 Å². The molecule has 0 aliphatic carbocycles. The topological polar surface area (TPSA) is 89.8 Å². The van der Waals surface area contributed by atoms with Gasteiger partial charge in [-0.05, 0) is 12.5 Å². The van der Waals surface area contributed by atoms with Crippen molar-refractivity contribution in [2.75, 3.05) is 20.2 Å². The van der Waals surface area contributed by atoms with Crippen molar-refractivity contribution < 1.29 is 23.6 Å². The summed E-state index contributed by atoms with van der Waals surface area (Å²) in [5.74, 6) is -2.21. The molecule has 21 heavy (non-hydrogen) atoms. The maximum Gasteiger partial charge on any atom is 0.310 e. The van der Waals surface area contributed by atoms with Crippen molar-refractivity contribution in [2.45, 2.75) is 6.42 Å². The number of esters is 1. The molecule has 1 saturated heterocycles. The van der Waals surface area contributed by atoms with E-state index in [-0.39, 0.29) is 12.1 Å². The minimum absolute atomic E-state index is 0.104. The average Bonchev–Trinajstić information content (AvgIpc) is 2.94. The number of nitro benzene ring substituents is 1. The molecule has 0 N–H and O–H groups in total. The van der Waals surface area contributed by atoms with Gasteiger partial charge in [0.25, 0.3) is 11.6 Å². The number of nitrogens with zero attached hydrogens (tertiary/aromatic N) is 2. The lowest BCUT2D eigenvalue weighted by Gasteiger charge is -2.16. The number of likely N-dealkylation sites (tertiary alicyclic amines) is 1. The van der Waals surface area contributed by atoms with E-state index in [4.69, 9.17) is 0 Å². The summed E-state index contributed by atoms with van der Waals surface area (Å²) >= 11 is 0. The van der Waals surface area contributed by atoms with Gasteiger partial charge in [-0.15, -0.1) is 0 Å². The summed E-state index contributed by atoms with van der Waals surface area (Å²) in [6.07, 6.45) is 0.454. The first-order chi connectivity index (χ1) is 9.92. The number of nitro groups is 1. The third kappa shape index (κ3) is 3.15. The van der Waals surface area contributed by atoms with Crippen molar-refractivity contribution in [3.8, 4) is 0 Å². The van der Waals surface area contributed by atoms with E-state index in [0.29, 0.717) is 13.0 Å². The van der Waals surface area contributed by atoms with E-state index in [1.807, 2.05) is 0 Å². The Morgan fingerprint density at radius 1 is 1.43 bits per heavy atom. The fourth-order valence-corrected chi connectivity index (χ4v) is 2.29. The summed E-state index contributed by atoms with van der Waals surface area (Å²) in [7, 11) is 1.27. The van der Waals surface area contributed by atoms with Gasteiger partial charge in [0.15, 0.2) is 0 Å². The van der Waals surface area contributed by atoms with Gasteiger partial charge >= 0.3 is 5.97 Å². The number of rotatable bonds is 3. The van der Waals surface area contributed by atoms with E-state index in [1.165, 1.54) is 12.0 Å². The Morgan fingerprint density at radius 2 is 2.14 bits per heavy atom. The zero-order chi connectivity index (χ0) is 15.6. The maximum atomic E-state index is 13.3.